The number of benzene rings is 2. The lowest BCUT2D eigenvalue weighted by Crippen LogP contribution is -2.48. The van der Waals surface area contributed by atoms with Gasteiger partial charge in [-0.3, -0.25) is 4.90 Å². The molecular weight excluding hydrogens is 375 g/mol. The molecule has 0 aliphatic carbocycles. The minimum absolute atomic E-state index is 0.0496. The van der Waals surface area contributed by atoms with E-state index in [1.807, 2.05) is 31.2 Å². The van der Waals surface area contributed by atoms with Crippen LogP contribution in [0.2, 0.25) is 0 Å². The molecule has 1 atom stereocenters. The summed E-state index contributed by atoms with van der Waals surface area (Å²) in [6.07, 6.45) is 0. The standard InChI is InChI=1S/C22H23FN2O4/c1-4-28-21(26)19-18(13-29-17-10-8-16(23)9-11-17)25(3)22(27)24-20(19)15-7-5-6-14(2)12-15/h5-12,20H,4,13H2,1-3H3,(H,24,27). The van der Waals surface area contributed by atoms with Crippen molar-refractivity contribution in [1.29, 1.82) is 0 Å². The minimum Gasteiger partial charge on any atom is -0.487 e. The number of nitrogens with zero attached hydrogens (tertiary/aromatic N) is 1. The third-order valence-corrected chi connectivity index (χ3v) is 4.64. The van der Waals surface area contributed by atoms with Crippen molar-refractivity contribution in [3.63, 3.8) is 0 Å². The Bertz CT molecular complexity index is 940. The van der Waals surface area contributed by atoms with E-state index in [9.17, 15) is 14.0 Å². The highest BCUT2D eigenvalue weighted by Crippen LogP contribution is 2.31. The van der Waals surface area contributed by atoms with Gasteiger partial charge in [0.1, 0.15) is 18.2 Å². The van der Waals surface area contributed by atoms with Crippen molar-refractivity contribution in [2.75, 3.05) is 20.3 Å². The average Bonchev–Trinajstić information content (AvgIpc) is 2.70. The maximum Gasteiger partial charge on any atom is 0.338 e. The number of aryl methyl sites for hydroxylation is 1. The van der Waals surface area contributed by atoms with Gasteiger partial charge in [0.25, 0.3) is 0 Å². The van der Waals surface area contributed by atoms with Gasteiger partial charge < -0.3 is 14.8 Å². The molecule has 0 radical (unpaired) electrons. The van der Waals surface area contributed by atoms with Gasteiger partial charge >= 0.3 is 12.0 Å². The molecule has 0 bridgehead atoms. The second kappa shape index (κ2) is 8.77. The lowest BCUT2D eigenvalue weighted by Gasteiger charge is -2.34. The summed E-state index contributed by atoms with van der Waals surface area (Å²) in [5, 5.41) is 2.86. The van der Waals surface area contributed by atoms with Gasteiger partial charge in [-0.2, -0.15) is 0 Å². The average molecular weight is 398 g/mol. The van der Waals surface area contributed by atoms with Crippen molar-refractivity contribution in [3.05, 3.63) is 76.7 Å². The van der Waals surface area contributed by atoms with Crippen molar-refractivity contribution in [3.8, 4) is 5.75 Å². The Morgan fingerprint density at radius 3 is 2.59 bits per heavy atom. The number of likely N-dealkylation sites (N-methyl/N-ethyl adjacent to an activating group) is 1. The van der Waals surface area contributed by atoms with Crippen molar-refractivity contribution in [2.24, 2.45) is 0 Å². The van der Waals surface area contributed by atoms with Crippen LogP contribution in [0, 0.1) is 12.7 Å². The van der Waals surface area contributed by atoms with Crippen LogP contribution in [0.15, 0.2) is 59.8 Å². The monoisotopic (exact) mass is 398 g/mol. The van der Waals surface area contributed by atoms with Gasteiger partial charge in [0.2, 0.25) is 0 Å². The molecular formula is C22H23FN2O4. The molecule has 3 rings (SSSR count). The molecule has 0 aromatic heterocycles. The topological polar surface area (TPSA) is 67.9 Å². The zero-order chi connectivity index (χ0) is 21.0. The molecule has 2 amide bonds. The van der Waals surface area contributed by atoms with Crippen LogP contribution >= 0.6 is 0 Å². The van der Waals surface area contributed by atoms with Gasteiger partial charge in [0, 0.05) is 7.05 Å². The first-order valence-corrected chi connectivity index (χ1v) is 9.30. The quantitative estimate of drug-likeness (QED) is 0.753. The highest BCUT2D eigenvalue weighted by atomic mass is 19.1. The zero-order valence-corrected chi connectivity index (χ0v) is 16.6. The first-order valence-electron chi connectivity index (χ1n) is 9.30. The molecule has 1 heterocycles. The molecule has 2 aromatic carbocycles. The van der Waals surface area contributed by atoms with E-state index in [0.29, 0.717) is 17.0 Å². The Morgan fingerprint density at radius 2 is 1.93 bits per heavy atom. The summed E-state index contributed by atoms with van der Waals surface area (Å²) in [5.74, 6) is -0.477. The van der Waals surface area contributed by atoms with Crippen LogP contribution < -0.4 is 10.1 Å². The number of ether oxygens (including phenoxy) is 2. The van der Waals surface area contributed by atoms with Crippen molar-refractivity contribution >= 4 is 12.0 Å². The third kappa shape index (κ3) is 4.56. The van der Waals surface area contributed by atoms with Gasteiger partial charge in [-0.25, -0.2) is 14.0 Å². The van der Waals surface area contributed by atoms with Gasteiger partial charge in [-0.15, -0.1) is 0 Å². The van der Waals surface area contributed by atoms with Crippen LogP contribution in [0.5, 0.6) is 5.75 Å². The molecule has 0 fully saturated rings. The van der Waals surface area contributed by atoms with E-state index in [4.69, 9.17) is 9.47 Å². The number of nitrogens with one attached hydrogen (secondary N) is 1. The first kappa shape index (κ1) is 20.4. The molecule has 1 aliphatic rings. The Kier molecular flexibility index (Phi) is 6.16. The number of amides is 2. The van der Waals surface area contributed by atoms with E-state index in [1.165, 1.54) is 29.2 Å². The number of carbonyl (C=O) groups excluding carboxylic acids is 2. The molecule has 29 heavy (non-hydrogen) atoms. The zero-order valence-electron chi connectivity index (χ0n) is 16.6. The molecule has 152 valence electrons. The van der Waals surface area contributed by atoms with Gasteiger partial charge in [0.15, 0.2) is 0 Å². The van der Waals surface area contributed by atoms with Crippen molar-refractivity contribution < 1.29 is 23.5 Å². The molecule has 1 aliphatic heterocycles. The number of rotatable bonds is 6. The maximum absolute atomic E-state index is 13.1. The van der Waals surface area contributed by atoms with Crippen molar-refractivity contribution in [1.82, 2.24) is 10.2 Å². The maximum atomic E-state index is 13.1. The summed E-state index contributed by atoms with van der Waals surface area (Å²) in [7, 11) is 1.56. The normalized spacial score (nSPS) is 16.5. The summed E-state index contributed by atoms with van der Waals surface area (Å²) in [5.41, 5.74) is 2.47. The number of hydrogen-bond acceptors (Lipinski definition) is 4. The predicted octanol–water partition coefficient (Wildman–Crippen LogP) is 3.73. The second-order valence-electron chi connectivity index (χ2n) is 6.68. The van der Waals surface area contributed by atoms with E-state index >= 15 is 0 Å². The molecule has 0 saturated heterocycles. The molecule has 1 N–H and O–H groups in total. The lowest BCUT2D eigenvalue weighted by molar-refractivity contribution is -0.139. The molecule has 7 heteroatoms. The Labute approximate surface area is 168 Å². The highest BCUT2D eigenvalue weighted by Gasteiger charge is 2.37. The molecule has 1 unspecified atom stereocenters. The van der Waals surface area contributed by atoms with Crippen LogP contribution in [0.3, 0.4) is 0 Å². The number of urea groups is 1. The fourth-order valence-corrected chi connectivity index (χ4v) is 3.16. The largest absolute Gasteiger partial charge is 0.487 e. The molecule has 0 spiro atoms. The molecule has 6 nitrogen and oxygen atoms in total. The lowest BCUT2D eigenvalue weighted by atomic mass is 9.94. The van der Waals surface area contributed by atoms with E-state index in [2.05, 4.69) is 5.32 Å². The summed E-state index contributed by atoms with van der Waals surface area (Å²) >= 11 is 0. The Balaban J connectivity index is 2.02. The first-order chi connectivity index (χ1) is 13.9. The van der Waals surface area contributed by atoms with Gasteiger partial charge in [0.05, 0.1) is 23.9 Å². The van der Waals surface area contributed by atoms with E-state index in [-0.39, 0.29) is 25.1 Å². The smallest absolute Gasteiger partial charge is 0.338 e. The summed E-state index contributed by atoms with van der Waals surface area (Å²) in [4.78, 5) is 26.7. The fraction of sp³-hybridized carbons (Fsp3) is 0.273. The molecule has 0 saturated carbocycles. The summed E-state index contributed by atoms with van der Waals surface area (Å²) < 4.78 is 24.1. The van der Waals surface area contributed by atoms with Gasteiger partial charge in [-0.1, -0.05) is 29.8 Å². The van der Waals surface area contributed by atoms with Crippen LogP contribution in [0.25, 0.3) is 0 Å². The third-order valence-electron chi connectivity index (χ3n) is 4.64. The highest BCUT2D eigenvalue weighted by molar-refractivity contribution is 5.95. The number of hydrogen-bond donors (Lipinski definition) is 1. The van der Waals surface area contributed by atoms with Gasteiger partial charge in [-0.05, 0) is 43.7 Å². The Morgan fingerprint density at radius 1 is 1.21 bits per heavy atom. The van der Waals surface area contributed by atoms with E-state index < -0.39 is 12.0 Å². The van der Waals surface area contributed by atoms with E-state index in [1.54, 1.807) is 14.0 Å². The number of halogens is 1. The van der Waals surface area contributed by atoms with Crippen LogP contribution in [0.1, 0.15) is 24.1 Å². The van der Waals surface area contributed by atoms with E-state index in [0.717, 1.165) is 11.1 Å². The predicted molar refractivity (Wildman–Crippen MR) is 106 cm³/mol. The van der Waals surface area contributed by atoms with Crippen LogP contribution in [-0.4, -0.2) is 37.2 Å². The summed E-state index contributed by atoms with van der Waals surface area (Å²) in [6, 6.07) is 12.1. The number of esters is 1. The summed E-state index contributed by atoms with van der Waals surface area (Å²) in [6.45, 7) is 3.81. The van der Waals surface area contributed by atoms with Crippen molar-refractivity contribution in [2.45, 2.75) is 19.9 Å². The minimum atomic E-state index is -0.663. The fourth-order valence-electron chi connectivity index (χ4n) is 3.16. The number of carbonyl (C=O) groups is 2. The molecule has 2 aromatic rings. The Hall–Kier alpha value is -3.35. The SMILES string of the molecule is CCOC(=O)C1=C(COc2ccc(F)cc2)N(C)C(=O)NC1c1cccc(C)c1. The van der Waals surface area contributed by atoms with Crippen LogP contribution in [-0.2, 0) is 9.53 Å². The van der Waals surface area contributed by atoms with Crippen LogP contribution in [0.4, 0.5) is 9.18 Å². The second-order valence-corrected chi connectivity index (χ2v) is 6.68.